The SMILES string of the molecule is CC1(O)CCC(Br)C(C)(C)C1CC[C@@]1(C)[C@@H]2Cc3cc(C(=O)O)ccc3OCC2=CC[C@@H]1Br. The highest BCUT2D eigenvalue weighted by Crippen LogP contribution is 2.56. The summed E-state index contributed by atoms with van der Waals surface area (Å²) in [5.41, 5.74) is 1.90. The first-order valence-electron chi connectivity index (χ1n) is 12.0. The van der Waals surface area contributed by atoms with E-state index >= 15 is 0 Å². The van der Waals surface area contributed by atoms with Crippen molar-refractivity contribution in [3.63, 3.8) is 0 Å². The van der Waals surface area contributed by atoms with E-state index < -0.39 is 11.6 Å². The van der Waals surface area contributed by atoms with Gasteiger partial charge in [-0.05, 0) is 97.5 Å². The maximum atomic E-state index is 11.6. The normalized spacial score (nSPS) is 37.7. The van der Waals surface area contributed by atoms with Crippen molar-refractivity contribution in [3.05, 3.63) is 41.0 Å². The number of halogens is 2. The highest BCUT2D eigenvalue weighted by molar-refractivity contribution is 9.09. The molecular weight excluding hydrogens is 548 g/mol. The Kier molecular flexibility index (Phi) is 6.87. The number of hydrogen-bond donors (Lipinski definition) is 2. The molecule has 1 fully saturated rings. The summed E-state index contributed by atoms with van der Waals surface area (Å²) >= 11 is 7.92. The van der Waals surface area contributed by atoms with Gasteiger partial charge in [-0.25, -0.2) is 4.79 Å². The Morgan fingerprint density at radius 3 is 2.61 bits per heavy atom. The van der Waals surface area contributed by atoms with Gasteiger partial charge in [-0.2, -0.15) is 0 Å². The number of aromatic carboxylic acids is 1. The van der Waals surface area contributed by atoms with Gasteiger partial charge >= 0.3 is 5.97 Å². The van der Waals surface area contributed by atoms with Crippen LogP contribution in [0.4, 0.5) is 0 Å². The van der Waals surface area contributed by atoms with Crippen LogP contribution in [0.5, 0.6) is 5.75 Å². The average molecular weight is 584 g/mol. The van der Waals surface area contributed by atoms with Crippen molar-refractivity contribution in [1.29, 1.82) is 0 Å². The molecule has 2 N–H and O–H groups in total. The first kappa shape index (κ1) is 25.2. The highest BCUT2D eigenvalue weighted by Gasteiger charge is 2.52. The van der Waals surface area contributed by atoms with Gasteiger partial charge in [0.25, 0.3) is 0 Å². The molecule has 0 amide bonds. The number of ether oxygens (including phenoxy) is 1. The minimum absolute atomic E-state index is 0.00279. The molecule has 6 heteroatoms. The minimum Gasteiger partial charge on any atom is -0.489 e. The molecule has 33 heavy (non-hydrogen) atoms. The van der Waals surface area contributed by atoms with Crippen LogP contribution >= 0.6 is 31.9 Å². The summed E-state index contributed by atoms with van der Waals surface area (Å²) in [6.07, 6.45) is 7.78. The maximum absolute atomic E-state index is 11.6. The zero-order valence-electron chi connectivity index (χ0n) is 20.0. The number of rotatable bonds is 4. The monoisotopic (exact) mass is 582 g/mol. The predicted molar refractivity (Wildman–Crippen MR) is 139 cm³/mol. The van der Waals surface area contributed by atoms with Crippen LogP contribution in [0.3, 0.4) is 0 Å². The summed E-state index contributed by atoms with van der Waals surface area (Å²) < 4.78 is 6.13. The number of alkyl halides is 2. The van der Waals surface area contributed by atoms with Crippen molar-refractivity contribution in [2.45, 2.75) is 81.5 Å². The molecule has 0 bridgehead atoms. The number of carbonyl (C=O) groups is 1. The Labute approximate surface area is 214 Å². The fourth-order valence-electron chi connectivity index (χ4n) is 6.68. The van der Waals surface area contributed by atoms with Gasteiger partial charge in [0.2, 0.25) is 0 Å². The van der Waals surface area contributed by atoms with Crippen molar-refractivity contribution in [2.75, 3.05) is 6.61 Å². The first-order valence-corrected chi connectivity index (χ1v) is 13.9. The van der Waals surface area contributed by atoms with E-state index in [1.165, 1.54) is 5.57 Å². The second-order valence-corrected chi connectivity index (χ2v) is 13.6. The van der Waals surface area contributed by atoms with E-state index in [0.29, 0.717) is 21.8 Å². The summed E-state index contributed by atoms with van der Waals surface area (Å²) in [6, 6.07) is 5.21. The fraction of sp³-hybridized carbons (Fsp3) is 0.667. The van der Waals surface area contributed by atoms with E-state index in [4.69, 9.17) is 4.74 Å². The Hall–Kier alpha value is -0.850. The Morgan fingerprint density at radius 2 is 1.91 bits per heavy atom. The number of allylic oxidation sites excluding steroid dienone is 1. The van der Waals surface area contributed by atoms with Gasteiger partial charge in [0.15, 0.2) is 0 Å². The van der Waals surface area contributed by atoms with E-state index in [0.717, 1.165) is 49.8 Å². The smallest absolute Gasteiger partial charge is 0.335 e. The highest BCUT2D eigenvalue weighted by atomic mass is 79.9. The summed E-state index contributed by atoms with van der Waals surface area (Å²) in [5, 5.41) is 20.8. The third kappa shape index (κ3) is 4.56. The van der Waals surface area contributed by atoms with Crippen molar-refractivity contribution in [3.8, 4) is 5.75 Å². The lowest BCUT2D eigenvalue weighted by molar-refractivity contribution is -0.0929. The zero-order valence-corrected chi connectivity index (χ0v) is 23.2. The van der Waals surface area contributed by atoms with Crippen LogP contribution in [-0.2, 0) is 6.42 Å². The van der Waals surface area contributed by atoms with Gasteiger partial charge in [-0.15, -0.1) is 0 Å². The lowest BCUT2D eigenvalue weighted by Gasteiger charge is -2.53. The molecule has 1 aliphatic heterocycles. The van der Waals surface area contributed by atoms with E-state index in [2.05, 4.69) is 58.7 Å². The summed E-state index contributed by atoms with van der Waals surface area (Å²) in [7, 11) is 0. The number of benzene rings is 1. The Balaban J connectivity index is 1.64. The molecule has 1 aromatic rings. The van der Waals surface area contributed by atoms with Crippen molar-refractivity contribution in [2.24, 2.45) is 22.7 Å². The number of hydrogen-bond acceptors (Lipinski definition) is 3. The number of carboxylic acid groups (broad SMARTS) is 1. The molecule has 1 aromatic carbocycles. The molecule has 0 radical (unpaired) electrons. The second kappa shape index (κ2) is 8.98. The Bertz CT molecular complexity index is 953. The Morgan fingerprint density at radius 1 is 1.18 bits per heavy atom. The van der Waals surface area contributed by atoms with E-state index in [9.17, 15) is 15.0 Å². The van der Waals surface area contributed by atoms with Gasteiger partial charge in [0.1, 0.15) is 12.4 Å². The van der Waals surface area contributed by atoms with Crippen LogP contribution in [0.2, 0.25) is 0 Å². The van der Waals surface area contributed by atoms with Gasteiger partial charge in [-0.1, -0.05) is 58.7 Å². The fourth-order valence-corrected chi connectivity index (χ4v) is 7.96. The molecule has 4 rings (SSSR count). The molecule has 3 unspecified atom stereocenters. The molecule has 2 aliphatic carbocycles. The topological polar surface area (TPSA) is 66.8 Å². The molecule has 0 aromatic heterocycles. The number of carboxylic acids is 1. The summed E-state index contributed by atoms with van der Waals surface area (Å²) in [6.45, 7) is 9.51. The van der Waals surface area contributed by atoms with Crippen LogP contribution in [0.25, 0.3) is 0 Å². The van der Waals surface area contributed by atoms with E-state index in [1.807, 2.05) is 6.92 Å². The molecule has 1 saturated carbocycles. The van der Waals surface area contributed by atoms with Crippen molar-refractivity contribution in [1.82, 2.24) is 0 Å². The van der Waals surface area contributed by atoms with E-state index in [-0.39, 0.29) is 22.7 Å². The molecule has 182 valence electrons. The van der Waals surface area contributed by atoms with Crippen molar-refractivity contribution >= 4 is 37.8 Å². The largest absolute Gasteiger partial charge is 0.489 e. The first-order chi connectivity index (χ1) is 15.4. The van der Waals surface area contributed by atoms with Gasteiger partial charge < -0.3 is 14.9 Å². The standard InChI is InChI=1S/C27H36Br2O4/c1-25(2)21(27(4,32)12-10-22(25)28)9-11-26(3)19-14-18-13-16(24(30)31)5-7-20(18)33-15-17(19)6-8-23(26)29/h5-7,13,19,21-23,32H,8-12,14-15H2,1-4H3,(H,30,31)/t19-,21?,22?,23+,26+,27?/m1/s1. The molecular formula is C27H36Br2O4. The molecule has 1 heterocycles. The van der Waals surface area contributed by atoms with Gasteiger partial charge in [-0.3, -0.25) is 0 Å². The lowest BCUT2D eigenvalue weighted by Crippen LogP contribution is -2.52. The van der Waals surface area contributed by atoms with Gasteiger partial charge in [0.05, 0.1) is 11.2 Å². The van der Waals surface area contributed by atoms with Crippen LogP contribution in [0.15, 0.2) is 29.8 Å². The average Bonchev–Trinajstić information content (AvgIpc) is 2.93. The van der Waals surface area contributed by atoms with Crippen LogP contribution in [0.1, 0.15) is 75.7 Å². The van der Waals surface area contributed by atoms with E-state index in [1.54, 1.807) is 18.2 Å². The zero-order chi connectivity index (χ0) is 24.2. The van der Waals surface area contributed by atoms with Crippen LogP contribution in [0, 0.1) is 22.7 Å². The second-order valence-electron chi connectivity index (χ2n) is 11.4. The lowest BCUT2D eigenvalue weighted by atomic mass is 9.57. The molecule has 0 saturated heterocycles. The molecule has 4 nitrogen and oxygen atoms in total. The number of aliphatic hydroxyl groups is 1. The van der Waals surface area contributed by atoms with Crippen LogP contribution in [-0.4, -0.2) is 38.0 Å². The maximum Gasteiger partial charge on any atom is 0.335 e. The number of fused-ring (bicyclic) bond motifs is 2. The van der Waals surface area contributed by atoms with Crippen LogP contribution < -0.4 is 4.74 Å². The summed E-state index contributed by atoms with van der Waals surface area (Å²) in [4.78, 5) is 12.3. The third-order valence-electron chi connectivity index (χ3n) is 9.00. The minimum atomic E-state index is -0.909. The van der Waals surface area contributed by atoms with Gasteiger partial charge in [0, 0.05) is 9.65 Å². The quantitative estimate of drug-likeness (QED) is 0.303. The summed E-state index contributed by atoms with van der Waals surface area (Å²) in [5.74, 6) is 0.343. The molecule has 3 aliphatic rings. The molecule has 6 atom stereocenters. The predicted octanol–water partition coefficient (Wildman–Crippen LogP) is 6.77. The van der Waals surface area contributed by atoms with Crippen molar-refractivity contribution < 1.29 is 19.7 Å². The third-order valence-corrected chi connectivity index (χ3v) is 12.1. The molecule has 0 spiro atoms.